The summed E-state index contributed by atoms with van der Waals surface area (Å²) in [5, 5.41) is 9.50. The zero-order chi connectivity index (χ0) is 23.5. The van der Waals surface area contributed by atoms with Crippen LogP contribution < -0.4 is 16.0 Å². The van der Waals surface area contributed by atoms with Crippen LogP contribution in [0.5, 0.6) is 0 Å². The van der Waals surface area contributed by atoms with Crippen molar-refractivity contribution in [3.63, 3.8) is 0 Å². The van der Waals surface area contributed by atoms with Gasteiger partial charge in [-0.15, -0.1) is 0 Å². The van der Waals surface area contributed by atoms with Crippen LogP contribution >= 0.6 is 11.8 Å². The summed E-state index contributed by atoms with van der Waals surface area (Å²) in [5.41, 5.74) is 0. The normalized spacial score (nSPS) is 29.8. The second-order valence-corrected chi connectivity index (χ2v) is 11.7. The molecule has 2 saturated heterocycles. The maximum atomic E-state index is 12.8. The number of hydrogen-bond donors (Lipinski definition) is 3. The lowest BCUT2D eigenvalue weighted by molar-refractivity contribution is -0.125. The van der Waals surface area contributed by atoms with E-state index in [0.29, 0.717) is 36.3 Å². The molecule has 3 N–H and O–H groups in total. The summed E-state index contributed by atoms with van der Waals surface area (Å²) in [4.78, 5) is 36.3. The number of nitrogens with one attached hydrogen (secondary N) is 3. The van der Waals surface area contributed by atoms with Crippen molar-refractivity contribution in [3.05, 3.63) is 0 Å². The summed E-state index contributed by atoms with van der Waals surface area (Å²) in [6.45, 7) is 2.99. The van der Waals surface area contributed by atoms with E-state index in [9.17, 15) is 14.4 Å². The van der Waals surface area contributed by atoms with Gasteiger partial charge in [0.25, 0.3) is 0 Å². The highest BCUT2D eigenvalue weighted by Gasteiger charge is 2.42. The molecule has 33 heavy (non-hydrogen) atoms. The van der Waals surface area contributed by atoms with Crippen LogP contribution in [0.1, 0.15) is 103 Å². The van der Waals surface area contributed by atoms with Crippen LogP contribution in [-0.4, -0.2) is 47.4 Å². The van der Waals surface area contributed by atoms with Crippen LogP contribution in [0, 0.1) is 11.8 Å². The van der Waals surface area contributed by atoms with Crippen LogP contribution in [0.15, 0.2) is 0 Å². The Bertz CT molecular complexity index is 644. The number of fused-ring (bicyclic) bond motifs is 1. The van der Waals surface area contributed by atoms with Gasteiger partial charge in [-0.25, -0.2) is 4.79 Å². The quantitative estimate of drug-likeness (QED) is 0.273. The number of Topliss-reactive ketones (excluding diaryl/α,β-unsaturated/α-hetero) is 1. The second-order valence-electron chi connectivity index (χ2n) is 10.4. The molecule has 188 valence electrons. The van der Waals surface area contributed by atoms with Crippen molar-refractivity contribution in [2.24, 2.45) is 11.8 Å². The molecular weight excluding hydrogens is 434 g/mol. The van der Waals surface area contributed by atoms with Gasteiger partial charge in [0.15, 0.2) is 0 Å². The van der Waals surface area contributed by atoms with Gasteiger partial charge in [0.2, 0.25) is 5.91 Å². The van der Waals surface area contributed by atoms with Crippen molar-refractivity contribution in [1.29, 1.82) is 0 Å². The number of carbonyl (C=O) groups excluding carboxylic acids is 3. The van der Waals surface area contributed by atoms with Crippen LogP contribution in [0.25, 0.3) is 0 Å². The van der Waals surface area contributed by atoms with Gasteiger partial charge in [0.1, 0.15) is 5.78 Å². The van der Waals surface area contributed by atoms with Gasteiger partial charge in [-0.3, -0.25) is 9.59 Å². The molecule has 7 heteroatoms. The number of amides is 3. The van der Waals surface area contributed by atoms with Crippen LogP contribution in [0.2, 0.25) is 0 Å². The monoisotopic (exact) mass is 479 g/mol. The summed E-state index contributed by atoms with van der Waals surface area (Å²) in [5.74, 6) is 2.42. The van der Waals surface area contributed by atoms with E-state index in [1.165, 1.54) is 38.5 Å². The Morgan fingerprint density at radius 1 is 0.939 bits per heavy atom. The van der Waals surface area contributed by atoms with Crippen molar-refractivity contribution in [2.75, 3.05) is 12.3 Å². The highest BCUT2D eigenvalue weighted by molar-refractivity contribution is 8.00. The molecule has 0 bridgehead atoms. The molecule has 3 aliphatic rings. The lowest BCUT2D eigenvalue weighted by Crippen LogP contribution is -2.36. The number of ketones is 1. The number of urea groups is 1. The van der Waals surface area contributed by atoms with Crippen molar-refractivity contribution in [2.45, 2.75) is 121 Å². The zero-order valence-electron chi connectivity index (χ0n) is 20.5. The van der Waals surface area contributed by atoms with E-state index < -0.39 is 0 Å². The predicted octanol–water partition coefficient (Wildman–Crippen LogP) is 4.95. The number of carbonyl (C=O) groups is 3. The van der Waals surface area contributed by atoms with Gasteiger partial charge >= 0.3 is 6.03 Å². The molecule has 1 saturated carbocycles. The predicted molar refractivity (Wildman–Crippen MR) is 135 cm³/mol. The van der Waals surface area contributed by atoms with Crippen molar-refractivity contribution < 1.29 is 14.4 Å². The average Bonchev–Trinajstić information content (AvgIpc) is 3.36. The maximum Gasteiger partial charge on any atom is 0.315 e. The first-order chi connectivity index (χ1) is 16.0. The molecule has 3 rings (SSSR count). The minimum Gasteiger partial charge on any atom is -0.356 e. The molecular formula is C26H45N3O3S. The summed E-state index contributed by atoms with van der Waals surface area (Å²) in [7, 11) is 0. The van der Waals surface area contributed by atoms with Gasteiger partial charge < -0.3 is 16.0 Å². The third-order valence-electron chi connectivity index (χ3n) is 7.78. The Kier molecular flexibility index (Phi) is 11.4. The second kappa shape index (κ2) is 14.2. The first-order valence-corrected chi connectivity index (χ1v) is 14.6. The minimum absolute atomic E-state index is 0.0381. The molecule has 2 aliphatic heterocycles. The smallest absolute Gasteiger partial charge is 0.315 e. The Balaban J connectivity index is 1.17. The Hall–Kier alpha value is -1.24. The molecule has 1 aliphatic carbocycles. The van der Waals surface area contributed by atoms with E-state index in [0.717, 1.165) is 50.7 Å². The lowest BCUT2D eigenvalue weighted by Gasteiger charge is -2.22. The third-order valence-corrected chi connectivity index (χ3v) is 9.29. The summed E-state index contributed by atoms with van der Waals surface area (Å²) >= 11 is 1.93. The lowest BCUT2D eigenvalue weighted by atomic mass is 9.82. The first kappa shape index (κ1) is 26.4. The van der Waals surface area contributed by atoms with Crippen LogP contribution in [-0.2, 0) is 9.59 Å². The topological polar surface area (TPSA) is 87.3 Å². The van der Waals surface area contributed by atoms with Gasteiger partial charge in [0, 0.05) is 36.3 Å². The number of hydrogen-bond acceptors (Lipinski definition) is 4. The van der Waals surface area contributed by atoms with Gasteiger partial charge in [-0.1, -0.05) is 58.3 Å². The fourth-order valence-electron chi connectivity index (χ4n) is 5.70. The van der Waals surface area contributed by atoms with Crippen molar-refractivity contribution in [1.82, 2.24) is 16.0 Å². The number of rotatable bonds is 12. The van der Waals surface area contributed by atoms with E-state index in [2.05, 4.69) is 22.9 Å². The highest BCUT2D eigenvalue weighted by atomic mass is 32.2. The number of thioether (sulfide) groups is 1. The van der Waals surface area contributed by atoms with Gasteiger partial charge in [-0.2, -0.15) is 11.8 Å². The molecule has 0 radical (unpaired) electrons. The highest BCUT2D eigenvalue weighted by Crippen LogP contribution is 2.33. The molecule has 0 spiro atoms. The standard InChI is InChI=1S/C26H45N3O3S/c1-19-12-6-3-2-4-7-13-20(19)22(30)14-8-5-11-17-27-24(31)16-10-9-15-23-25-21(18-33-23)28-26(32)29-25/h19-21,23,25H,2-18H2,1H3,(H,27,31)(H2,28,29,32). The Morgan fingerprint density at radius 3 is 2.55 bits per heavy atom. The van der Waals surface area contributed by atoms with E-state index in [1.807, 2.05) is 11.8 Å². The minimum atomic E-state index is -0.0381. The summed E-state index contributed by atoms with van der Waals surface area (Å²) in [6.07, 6.45) is 15.9. The molecule has 0 aromatic carbocycles. The Morgan fingerprint density at radius 2 is 1.70 bits per heavy atom. The molecule has 0 aromatic heterocycles. The molecule has 3 amide bonds. The van der Waals surface area contributed by atoms with E-state index in [1.54, 1.807) is 0 Å². The van der Waals surface area contributed by atoms with Gasteiger partial charge in [0.05, 0.1) is 12.1 Å². The first-order valence-electron chi connectivity index (χ1n) is 13.5. The van der Waals surface area contributed by atoms with Crippen LogP contribution in [0.4, 0.5) is 4.79 Å². The molecule has 2 heterocycles. The van der Waals surface area contributed by atoms with E-state index >= 15 is 0 Å². The molecule has 3 fully saturated rings. The van der Waals surface area contributed by atoms with Crippen molar-refractivity contribution >= 4 is 29.5 Å². The zero-order valence-corrected chi connectivity index (χ0v) is 21.4. The SMILES string of the molecule is CC1CCCCCCCC1C(=O)CCCCCNC(=O)CCCCC1SCC2NC(=O)NC21. The third kappa shape index (κ3) is 8.80. The molecule has 5 atom stereocenters. The fourth-order valence-corrected chi connectivity index (χ4v) is 7.25. The number of unbranched alkanes of at least 4 members (excludes halogenated alkanes) is 3. The van der Waals surface area contributed by atoms with Crippen molar-refractivity contribution in [3.8, 4) is 0 Å². The maximum absolute atomic E-state index is 12.8. The average molecular weight is 480 g/mol. The Labute approximate surface area is 204 Å². The fraction of sp³-hybridized carbons (Fsp3) is 0.885. The van der Waals surface area contributed by atoms with Crippen LogP contribution in [0.3, 0.4) is 0 Å². The van der Waals surface area contributed by atoms with Gasteiger partial charge in [-0.05, 0) is 38.0 Å². The molecule has 0 aromatic rings. The summed E-state index contributed by atoms with van der Waals surface area (Å²) < 4.78 is 0. The van der Waals surface area contributed by atoms with E-state index in [-0.39, 0.29) is 29.9 Å². The van der Waals surface area contributed by atoms with E-state index in [4.69, 9.17) is 0 Å². The molecule has 5 unspecified atom stereocenters. The largest absolute Gasteiger partial charge is 0.356 e. The summed E-state index contributed by atoms with van der Waals surface area (Å²) in [6, 6.07) is 0.489. The molecule has 6 nitrogen and oxygen atoms in total.